The standard InChI is InChI=1S/C13H7N2S.Ir/c1-2-4-12-9(3-1)10-7-16-8-11(10)13-14-5-6-15(12)13;/h1-7H;/q-1;. The molecular weight excluding hydrogens is 408 g/mol. The zero-order valence-electron chi connectivity index (χ0n) is 8.68. The van der Waals surface area contributed by atoms with E-state index in [1.165, 1.54) is 16.3 Å². The first-order chi connectivity index (χ1) is 7.95. The van der Waals surface area contributed by atoms with Gasteiger partial charge in [-0.2, -0.15) is 0 Å². The SMILES string of the molecule is [Ir].[c-]1scc2c1c1nccn1c1ccccc21. The van der Waals surface area contributed by atoms with Crippen molar-refractivity contribution in [2.75, 3.05) is 0 Å². The molecule has 4 rings (SSSR count). The molecule has 17 heavy (non-hydrogen) atoms. The van der Waals surface area contributed by atoms with E-state index in [2.05, 4.69) is 44.4 Å². The Kier molecular flexibility index (Phi) is 2.51. The molecule has 0 saturated heterocycles. The van der Waals surface area contributed by atoms with Crippen LogP contribution in [0.25, 0.3) is 27.3 Å². The number of para-hydroxylation sites is 1. The molecular formula is C13H7IrN2S-. The maximum absolute atomic E-state index is 4.41. The van der Waals surface area contributed by atoms with E-state index in [0.29, 0.717) is 0 Å². The second-order valence-corrected chi connectivity index (χ2v) is 4.44. The third kappa shape index (κ3) is 1.38. The van der Waals surface area contributed by atoms with Crippen LogP contribution in [0.1, 0.15) is 0 Å². The van der Waals surface area contributed by atoms with E-state index in [9.17, 15) is 0 Å². The van der Waals surface area contributed by atoms with Gasteiger partial charge in [-0.1, -0.05) is 29.0 Å². The van der Waals surface area contributed by atoms with Crippen molar-refractivity contribution >= 4 is 38.7 Å². The molecule has 0 fully saturated rings. The molecule has 0 saturated carbocycles. The molecule has 0 aliphatic carbocycles. The average molecular weight is 415 g/mol. The Balaban J connectivity index is 0.000000902. The van der Waals surface area contributed by atoms with Crippen LogP contribution in [0.4, 0.5) is 0 Å². The Morgan fingerprint density at radius 1 is 1.18 bits per heavy atom. The predicted molar refractivity (Wildman–Crippen MR) is 66.9 cm³/mol. The van der Waals surface area contributed by atoms with Gasteiger partial charge in [-0.15, -0.1) is 10.8 Å². The molecule has 0 atom stereocenters. The monoisotopic (exact) mass is 416 g/mol. The van der Waals surface area contributed by atoms with Gasteiger partial charge in [0, 0.05) is 38.0 Å². The van der Waals surface area contributed by atoms with Crippen LogP contribution in [-0.2, 0) is 20.1 Å². The van der Waals surface area contributed by atoms with Gasteiger partial charge < -0.3 is 4.40 Å². The summed E-state index contributed by atoms with van der Waals surface area (Å²) in [4.78, 5) is 4.41. The van der Waals surface area contributed by atoms with Gasteiger partial charge in [0.15, 0.2) is 0 Å². The molecule has 0 bridgehead atoms. The molecule has 0 N–H and O–H groups in total. The summed E-state index contributed by atoms with van der Waals surface area (Å²) in [5.74, 6) is 0. The molecule has 1 radical (unpaired) electrons. The first-order valence-electron chi connectivity index (χ1n) is 5.08. The Labute approximate surface area is 115 Å². The quantitative estimate of drug-likeness (QED) is 0.402. The fourth-order valence-corrected chi connectivity index (χ4v) is 2.96. The normalized spacial score (nSPS) is 11.1. The fourth-order valence-electron chi connectivity index (χ4n) is 2.22. The Bertz CT molecular complexity index is 747. The first kappa shape index (κ1) is 10.9. The van der Waals surface area contributed by atoms with Crippen molar-refractivity contribution in [3.63, 3.8) is 0 Å². The zero-order valence-corrected chi connectivity index (χ0v) is 11.9. The summed E-state index contributed by atoms with van der Waals surface area (Å²) in [5, 5.41) is 9.08. The second kappa shape index (κ2) is 3.91. The second-order valence-electron chi connectivity index (χ2n) is 3.76. The molecule has 85 valence electrons. The maximum atomic E-state index is 4.41. The van der Waals surface area contributed by atoms with Crippen LogP contribution in [0.2, 0.25) is 0 Å². The average Bonchev–Trinajstić information content (AvgIpc) is 2.98. The molecule has 0 aliphatic rings. The van der Waals surface area contributed by atoms with Gasteiger partial charge in [0.2, 0.25) is 0 Å². The number of fused-ring (bicyclic) bond motifs is 6. The number of benzene rings is 1. The number of nitrogens with zero attached hydrogens (tertiary/aromatic N) is 2. The van der Waals surface area contributed by atoms with Crippen LogP contribution in [0.15, 0.2) is 42.0 Å². The van der Waals surface area contributed by atoms with E-state index >= 15 is 0 Å². The zero-order chi connectivity index (χ0) is 10.5. The molecule has 2 nitrogen and oxygen atoms in total. The van der Waals surface area contributed by atoms with Crippen molar-refractivity contribution in [3.8, 4) is 0 Å². The number of thiophene rings is 1. The van der Waals surface area contributed by atoms with Gasteiger partial charge in [-0.3, -0.25) is 16.3 Å². The summed E-state index contributed by atoms with van der Waals surface area (Å²) in [5.41, 5.74) is 2.20. The van der Waals surface area contributed by atoms with E-state index in [4.69, 9.17) is 0 Å². The predicted octanol–water partition coefficient (Wildman–Crippen LogP) is 3.50. The van der Waals surface area contributed by atoms with Gasteiger partial charge in [-0.25, -0.2) is 0 Å². The Hall–Kier alpha value is -1.22. The van der Waals surface area contributed by atoms with Crippen LogP contribution in [0, 0.1) is 5.38 Å². The van der Waals surface area contributed by atoms with E-state index in [1.54, 1.807) is 11.3 Å². The maximum Gasteiger partial charge on any atom is 0.0609 e. The number of hydrogen-bond acceptors (Lipinski definition) is 2. The van der Waals surface area contributed by atoms with Crippen molar-refractivity contribution < 1.29 is 20.1 Å². The van der Waals surface area contributed by atoms with Gasteiger partial charge in [-0.05, 0) is 11.5 Å². The molecule has 3 heterocycles. The first-order valence-corrected chi connectivity index (χ1v) is 5.96. The largest absolute Gasteiger partial charge is 0.340 e. The van der Waals surface area contributed by atoms with Crippen LogP contribution < -0.4 is 0 Å². The van der Waals surface area contributed by atoms with Crippen molar-refractivity contribution in [1.29, 1.82) is 0 Å². The molecule has 0 aliphatic heterocycles. The Morgan fingerprint density at radius 2 is 2.06 bits per heavy atom. The number of pyridine rings is 1. The van der Waals surface area contributed by atoms with Crippen molar-refractivity contribution in [2.24, 2.45) is 0 Å². The minimum Gasteiger partial charge on any atom is -0.340 e. The molecule has 3 aromatic heterocycles. The van der Waals surface area contributed by atoms with Crippen LogP contribution in [-0.4, -0.2) is 9.38 Å². The number of hydrogen-bond donors (Lipinski definition) is 0. The molecule has 0 spiro atoms. The van der Waals surface area contributed by atoms with Gasteiger partial charge in [0.25, 0.3) is 0 Å². The van der Waals surface area contributed by atoms with E-state index in [-0.39, 0.29) is 20.1 Å². The molecule has 4 heteroatoms. The number of imidazole rings is 1. The summed E-state index contributed by atoms with van der Waals surface area (Å²) in [6.45, 7) is 0. The van der Waals surface area contributed by atoms with Crippen LogP contribution in [0.5, 0.6) is 0 Å². The fraction of sp³-hybridized carbons (Fsp3) is 0. The van der Waals surface area contributed by atoms with Gasteiger partial charge in [0.05, 0.1) is 5.65 Å². The minimum atomic E-state index is 0. The van der Waals surface area contributed by atoms with E-state index < -0.39 is 0 Å². The van der Waals surface area contributed by atoms with Crippen LogP contribution >= 0.6 is 11.3 Å². The number of aromatic nitrogens is 2. The third-order valence-corrected chi connectivity index (χ3v) is 3.60. The summed E-state index contributed by atoms with van der Waals surface area (Å²) < 4.78 is 2.13. The third-order valence-electron chi connectivity index (χ3n) is 2.93. The molecule has 0 unspecified atom stereocenters. The summed E-state index contributed by atoms with van der Waals surface area (Å²) in [6.07, 6.45) is 3.84. The van der Waals surface area contributed by atoms with Crippen molar-refractivity contribution in [2.45, 2.75) is 0 Å². The summed E-state index contributed by atoms with van der Waals surface area (Å²) in [6, 6.07) is 8.41. The van der Waals surface area contributed by atoms with Crippen LogP contribution in [0.3, 0.4) is 0 Å². The van der Waals surface area contributed by atoms with Gasteiger partial charge >= 0.3 is 0 Å². The molecule has 0 amide bonds. The van der Waals surface area contributed by atoms with Crippen molar-refractivity contribution in [1.82, 2.24) is 9.38 Å². The number of rotatable bonds is 0. The summed E-state index contributed by atoms with van der Waals surface area (Å²) >= 11 is 1.61. The summed E-state index contributed by atoms with van der Waals surface area (Å²) in [7, 11) is 0. The van der Waals surface area contributed by atoms with Crippen molar-refractivity contribution in [3.05, 3.63) is 47.4 Å². The van der Waals surface area contributed by atoms with E-state index in [1.807, 2.05) is 12.4 Å². The smallest absolute Gasteiger partial charge is 0.0609 e. The van der Waals surface area contributed by atoms with E-state index in [0.717, 1.165) is 11.0 Å². The molecule has 4 aromatic rings. The minimum absolute atomic E-state index is 0. The van der Waals surface area contributed by atoms with Gasteiger partial charge in [0.1, 0.15) is 0 Å². The molecule has 1 aromatic carbocycles. The Morgan fingerprint density at radius 3 is 3.00 bits per heavy atom. The topological polar surface area (TPSA) is 17.3 Å².